The zero-order valence-electron chi connectivity index (χ0n) is 10.4. The third-order valence-corrected chi connectivity index (χ3v) is 5.32. The lowest BCUT2D eigenvalue weighted by Crippen LogP contribution is -2.38. The van der Waals surface area contributed by atoms with Crippen LogP contribution in [0.15, 0.2) is 11.0 Å². The maximum absolute atomic E-state index is 12.2. The summed E-state index contributed by atoms with van der Waals surface area (Å²) in [5, 5.41) is 0.561. The first-order chi connectivity index (χ1) is 8.20. The smallest absolute Gasteiger partial charge is 0.242 e. The van der Waals surface area contributed by atoms with E-state index in [-0.39, 0.29) is 22.5 Å². The van der Waals surface area contributed by atoms with E-state index in [1.807, 2.05) is 0 Å². The van der Waals surface area contributed by atoms with Gasteiger partial charge in [0.15, 0.2) is 0 Å². The zero-order valence-corrected chi connectivity index (χ0v) is 12.7. The SMILES string of the molecule is Cc1cc(Cl)c(C)c(S(=O)(=O)NC(C)CN)c1Cl. The van der Waals surface area contributed by atoms with Gasteiger partial charge in [0.25, 0.3) is 0 Å². The van der Waals surface area contributed by atoms with E-state index in [1.165, 1.54) is 0 Å². The van der Waals surface area contributed by atoms with Crippen LogP contribution >= 0.6 is 23.2 Å². The Balaban J connectivity index is 3.41. The molecule has 3 N–H and O–H groups in total. The van der Waals surface area contributed by atoms with Gasteiger partial charge in [-0.1, -0.05) is 23.2 Å². The Morgan fingerprint density at radius 1 is 1.39 bits per heavy atom. The van der Waals surface area contributed by atoms with E-state index in [0.717, 1.165) is 0 Å². The van der Waals surface area contributed by atoms with Crippen molar-refractivity contribution < 1.29 is 8.42 Å². The molecule has 0 aliphatic rings. The summed E-state index contributed by atoms with van der Waals surface area (Å²) >= 11 is 12.1. The van der Waals surface area contributed by atoms with Crippen molar-refractivity contribution in [3.8, 4) is 0 Å². The molecule has 0 radical (unpaired) electrons. The molecule has 0 bridgehead atoms. The van der Waals surface area contributed by atoms with Crippen LogP contribution in [0.5, 0.6) is 0 Å². The molecule has 1 rings (SSSR count). The second kappa shape index (κ2) is 5.75. The maximum Gasteiger partial charge on any atom is 0.242 e. The molecule has 0 saturated carbocycles. The molecule has 4 nitrogen and oxygen atoms in total. The molecule has 18 heavy (non-hydrogen) atoms. The summed E-state index contributed by atoms with van der Waals surface area (Å²) in [4.78, 5) is 0.0227. The van der Waals surface area contributed by atoms with E-state index in [4.69, 9.17) is 28.9 Å². The van der Waals surface area contributed by atoms with Crippen LogP contribution in [-0.4, -0.2) is 21.0 Å². The zero-order chi connectivity index (χ0) is 14.1. The maximum atomic E-state index is 12.2. The number of hydrogen-bond acceptors (Lipinski definition) is 3. The first kappa shape index (κ1) is 15.7. The van der Waals surface area contributed by atoms with Crippen molar-refractivity contribution in [1.29, 1.82) is 0 Å². The van der Waals surface area contributed by atoms with E-state index >= 15 is 0 Å². The number of halogens is 2. The molecule has 1 aromatic rings. The fourth-order valence-electron chi connectivity index (χ4n) is 1.51. The quantitative estimate of drug-likeness (QED) is 0.895. The largest absolute Gasteiger partial charge is 0.329 e. The van der Waals surface area contributed by atoms with Crippen molar-refractivity contribution in [1.82, 2.24) is 4.72 Å². The number of aryl methyl sites for hydroxylation is 1. The van der Waals surface area contributed by atoms with Crippen LogP contribution in [0.1, 0.15) is 18.1 Å². The second-order valence-electron chi connectivity index (χ2n) is 4.20. The fourth-order valence-corrected chi connectivity index (χ4v) is 3.97. The summed E-state index contributed by atoms with van der Waals surface area (Å²) in [5.41, 5.74) is 6.46. The summed E-state index contributed by atoms with van der Waals surface area (Å²) < 4.78 is 26.9. The summed E-state index contributed by atoms with van der Waals surface area (Å²) in [7, 11) is -3.72. The number of sulfonamides is 1. The second-order valence-corrected chi connectivity index (χ2v) is 6.64. The highest BCUT2D eigenvalue weighted by Gasteiger charge is 2.24. The third kappa shape index (κ3) is 3.16. The molecule has 0 aromatic heterocycles. The molecule has 0 amide bonds. The van der Waals surface area contributed by atoms with Crippen LogP contribution in [-0.2, 0) is 10.0 Å². The van der Waals surface area contributed by atoms with E-state index < -0.39 is 10.0 Å². The highest BCUT2D eigenvalue weighted by atomic mass is 35.5. The van der Waals surface area contributed by atoms with Gasteiger partial charge in [0.2, 0.25) is 10.0 Å². The minimum atomic E-state index is -3.72. The Bertz CT molecular complexity index is 532. The molecular weight excluding hydrogens is 295 g/mol. The number of nitrogens with two attached hydrogens (primary N) is 1. The predicted molar refractivity (Wildman–Crippen MR) is 74.8 cm³/mol. The molecule has 0 fully saturated rings. The van der Waals surface area contributed by atoms with E-state index in [0.29, 0.717) is 16.1 Å². The Kier molecular flexibility index (Phi) is 5.03. The van der Waals surface area contributed by atoms with Gasteiger partial charge in [-0.05, 0) is 38.0 Å². The lowest BCUT2D eigenvalue weighted by molar-refractivity contribution is 0.562. The Hall–Kier alpha value is -0.330. The molecular formula is C11H16Cl2N2O2S. The lowest BCUT2D eigenvalue weighted by atomic mass is 10.2. The standard InChI is InChI=1S/C11H16Cl2N2O2S/c1-6-4-9(12)8(3)11(10(6)13)18(16,17)15-7(2)5-14/h4,7,15H,5,14H2,1-3H3. The van der Waals surface area contributed by atoms with E-state index in [2.05, 4.69) is 4.72 Å². The van der Waals surface area contributed by atoms with Crippen LogP contribution in [0.2, 0.25) is 10.0 Å². The van der Waals surface area contributed by atoms with Gasteiger partial charge in [-0.25, -0.2) is 13.1 Å². The predicted octanol–water partition coefficient (Wildman–Crippen LogP) is 2.24. The molecule has 0 spiro atoms. The molecule has 0 aliphatic heterocycles. The lowest BCUT2D eigenvalue weighted by Gasteiger charge is -2.16. The average Bonchev–Trinajstić information content (AvgIpc) is 2.25. The Morgan fingerprint density at radius 3 is 2.44 bits per heavy atom. The van der Waals surface area contributed by atoms with Crippen LogP contribution in [0.25, 0.3) is 0 Å². The van der Waals surface area contributed by atoms with Crippen molar-refractivity contribution >= 4 is 33.2 Å². The summed E-state index contributed by atoms with van der Waals surface area (Å²) in [6.45, 7) is 5.21. The highest BCUT2D eigenvalue weighted by Crippen LogP contribution is 2.33. The molecule has 0 saturated heterocycles. The monoisotopic (exact) mass is 310 g/mol. The van der Waals surface area contributed by atoms with Gasteiger partial charge in [-0.2, -0.15) is 0 Å². The van der Waals surface area contributed by atoms with Gasteiger partial charge in [0, 0.05) is 17.6 Å². The normalized spacial score (nSPS) is 13.7. The van der Waals surface area contributed by atoms with Crippen molar-refractivity contribution in [3.05, 3.63) is 27.2 Å². The molecule has 1 unspecified atom stereocenters. The molecule has 1 atom stereocenters. The van der Waals surface area contributed by atoms with E-state index in [1.54, 1.807) is 26.8 Å². The first-order valence-electron chi connectivity index (χ1n) is 5.38. The van der Waals surface area contributed by atoms with Gasteiger partial charge >= 0.3 is 0 Å². The molecule has 7 heteroatoms. The van der Waals surface area contributed by atoms with Gasteiger partial charge in [-0.15, -0.1) is 0 Å². The first-order valence-corrected chi connectivity index (χ1v) is 7.62. The highest BCUT2D eigenvalue weighted by molar-refractivity contribution is 7.89. The molecule has 0 heterocycles. The molecule has 0 aliphatic carbocycles. The Labute approximate surface area is 118 Å². The summed E-state index contributed by atoms with van der Waals surface area (Å²) in [6, 6.07) is 1.27. The average molecular weight is 311 g/mol. The fraction of sp³-hybridized carbons (Fsp3) is 0.455. The van der Waals surface area contributed by atoms with Gasteiger partial charge < -0.3 is 5.73 Å². The van der Waals surface area contributed by atoms with Crippen molar-refractivity contribution in [2.45, 2.75) is 31.7 Å². The van der Waals surface area contributed by atoms with Crippen molar-refractivity contribution in [3.63, 3.8) is 0 Å². The third-order valence-electron chi connectivity index (χ3n) is 2.57. The van der Waals surface area contributed by atoms with Crippen molar-refractivity contribution in [2.24, 2.45) is 5.73 Å². The van der Waals surface area contributed by atoms with Crippen LogP contribution in [0, 0.1) is 13.8 Å². The minimum Gasteiger partial charge on any atom is -0.329 e. The van der Waals surface area contributed by atoms with Crippen molar-refractivity contribution in [2.75, 3.05) is 6.54 Å². The van der Waals surface area contributed by atoms with Gasteiger partial charge in [0.1, 0.15) is 4.90 Å². The topological polar surface area (TPSA) is 72.2 Å². The number of benzene rings is 1. The summed E-state index contributed by atoms with van der Waals surface area (Å²) in [6.07, 6.45) is 0. The van der Waals surface area contributed by atoms with Crippen LogP contribution in [0.4, 0.5) is 0 Å². The van der Waals surface area contributed by atoms with Crippen LogP contribution in [0.3, 0.4) is 0 Å². The van der Waals surface area contributed by atoms with Gasteiger partial charge in [0.05, 0.1) is 5.02 Å². The number of nitrogens with one attached hydrogen (secondary N) is 1. The molecule has 102 valence electrons. The minimum absolute atomic E-state index is 0.0227. The molecule has 1 aromatic carbocycles. The van der Waals surface area contributed by atoms with E-state index in [9.17, 15) is 8.42 Å². The summed E-state index contributed by atoms with van der Waals surface area (Å²) in [5.74, 6) is 0. The van der Waals surface area contributed by atoms with Crippen LogP contribution < -0.4 is 10.5 Å². The number of hydrogen-bond donors (Lipinski definition) is 2. The number of rotatable bonds is 4. The Morgan fingerprint density at radius 2 is 1.94 bits per heavy atom. The van der Waals surface area contributed by atoms with Gasteiger partial charge in [-0.3, -0.25) is 0 Å².